The van der Waals surface area contributed by atoms with Gasteiger partial charge in [0.05, 0.1) is 17.8 Å². The number of hydrogen-bond donors (Lipinski definition) is 2. The van der Waals surface area contributed by atoms with Crippen LogP contribution in [-0.4, -0.2) is 41.3 Å². The fourth-order valence-electron chi connectivity index (χ4n) is 3.60. The molecule has 0 saturated carbocycles. The number of morpholine rings is 1. The van der Waals surface area contributed by atoms with E-state index in [1.54, 1.807) is 18.2 Å². The van der Waals surface area contributed by atoms with Gasteiger partial charge in [0.1, 0.15) is 0 Å². The molecule has 2 atom stereocenters. The highest BCUT2D eigenvalue weighted by atomic mass is 16.5. The molecular weight excluding hydrogens is 340 g/mol. The number of carboxylic acid groups (broad SMARTS) is 1. The molecule has 1 aliphatic heterocycles. The van der Waals surface area contributed by atoms with Crippen molar-refractivity contribution in [2.75, 3.05) is 13.1 Å². The van der Waals surface area contributed by atoms with Crippen molar-refractivity contribution in [3.63, 3.8) is 0 Å². The van der Waals surface area contributed by atoms with Crippen LogP contribution in [0.1, 0.15) is 40.9 Å². The van der Waals surface area contributed by atoms with Crippen LogP contribution in [0, 0.1) is 0 Å². The average Bonchev–Trinajstić information content (AvgIpc) is 2.62. The third-order valence-electron chi connectivity index (χ3n) is 4.76. The first-order chi connectivity index (χ1) is 13.0. The lowest BCUT2D eigenvalue weighted by atomic mass is 10.1. The second-order valence-corrected chi connectivity index (χ2v) is 7.38. The van der Waals surface area contributed by atoms with E-state index in [2.05, 4.69) is 48.3 Å². The molecule has 1 heterocycles. The summed E-state index contributed by atoms with van der Waals surface area (Å²) in [6.07, 6.45) is 0.578. The monoisotopic (exact) mass is 368 g/mol. The van der Waals surface area contributed by atoms with Crippen molar-refractivity contribution in [1.82, 2.24) is 10.2 Å². The van der Waals surface area contributed by atoms with Crippen molar-refractivity contribution >= 4 is 5.97 Å². The van der Waals surface area contributed by atoms with Gasteiger partial charge in [-0.25, -0.2) is 4.79 Å². The van der Waals surface area contributed by atoms with Crippen molar-refractivity contribution in [1.29, 1.82) is 0 Å². The number of rotatable bonds is 7. The van der Waals surface area contributed by atoms with Crippen LogP contribution in [0.3, 0.4) is 0 Å². The molecule has 0 aromatic heterocycles. The summed E-state index contributed by atoms with van der Waals surface area (Å²) in [6.45, 7) is 8.56. The van der Waals surface area contributed by atoms with Crippen LogP contribution in [0.5, 0.6) is 0 Å². The first-order valence-electron chi connectivity index (χ1n) is 9.48. The maximum Gasteiger partial charge on any atom is 0.335 e. The molecule has 2 unspecified atom stereocenters. The highest BCUT2D eigenvalue weighted by Crippen LogP contribution is 2.15. The molecule has 2 aromatic carbocycles. The third-order valence-corrected chi connectivity index (χ3v) is 4.76. The summed E-state index contributed by atoms with van der Waals surface area (Å²) in [6, 6.07) is 15.7. The fourth-order valence-corrected chi connectivity index (χ4v) is 3.60. The van der Waals surface area contributed by atoms with E-state index in [0.717, 1.165) is 31.7 Å². The summed E-state index contributed by atoms with van der Waals surface area (Å²) < 4.78 is 5.79. The quantitative estimate of drug-likeness (QED) is 0.785. The number of ether oxygens (including phenoxy) is 1. The predicted octanol–water partition coefficient (Wildman–Crippen LogP) is 3.28. The van der Waals surface area contributed by atoms with Crippen molar-refractivity contribution in [2.24, 2.45) is 0 Å². The zero-order valence-electron chi connectivity index (χ0n) is 16.0. The Morgan fingerprint density at radius 2 is 1.67 bits per heavy atom. The van der Waals surface area contributed by atoms with Crippen LogP contribution in [0.2, 0.25) is 0 Å². The Bertz CT molecular complexity index is 750. The van der Waals surface area contributed by atoms with Gasteiger partial charge in [-0.05, 0) is 42.7 Å². The predicted molar refractivity (Wildman–Crippen MR) is 106 cm³/mol. The number of carbonyl (C=O) groups is 1. The number of nitrogens with one attached hydrogen (secondary N) is 1. The minimum absolute atomic E-state index is 0.289. The lowest BCUT2D eigenvalue weighted by Gasteiger charge is -2.35. The van der Waals surface area contributed by atoms with Gasteiger partial charge in [-0.3, -0.25) is 4.90 Å². The molecule has 0 amide bonds. The SMILES string of the molecule is CC1CN(Cc2ccc(CNCc3cccc(C(=O)O)c3)cc2)CC(C)O1. The topological polar surface area (TPSA) is 61.8 Å². The van der Waals surface area contributed by atoms with E-state index in [9.17, 15) is 4.79 Å². The molecule has 5 heteroatoms. The molecule has 0 aliphatic carbocycles. The van der Waals surface area contributed by atoms with Gasteiger partial charge < -0.3 is 15.2 Å². The van der Waals surface area contributed by atoms with Crippen LogP contribution in [0.15, 0.2) is 48.5 Å². The largest absolute Gasteiger partial charge is 0.478 e. The summed E-state index contributed by atoms with van der Waals surface area (Å²) in [5.74, 6) is -0.892. The van der Waals surface area contributed by atoms with E-state index in [-0.39, 0.29) is 12.2 Å². The zero-order chi connectivity index (χ0) is 19.2. The van der Waals surface area contributed by atoms with Crippen molar-refractivity contribution in [2.45, 2.75) is 45.7 Å². The van der Waals surface area contributed by atoms with Crippen LogP contribution in [0.25, 0.3) is 0 Å². The molecule has 5 nitrogen and oxygen atoms in total. The molecule has 27 heavy (non-hydrogen) atoms. The molecule has 0 radical (unpaired) electrons. The number of hydrogen-bond acceptors (Lipinski definition) is 4. The Labute approximate surface area is 161 Å². The number of aromatic carboxylic acids is 1. The molecular formula is C22H28N2O3. The van der Waals surface area contributed by atoms with Gasteiger partial charge in [0, 0.05) is 32.7 Å². The highest BCUT2D eigenvalue weighted by molar-refractivity contribution is 5.87. The Balaban J connectivity index is 1.48. The second kappa shape index (κ2) is 9.13. The maximum absolute atomic E-state index is 11.0. The molecule has 2 aromatic rings. The third kappa shape index (κ3) is 5.89. The van der Waals surface area contributed by atoms with Crippen LogP contribution in [0.4, 0.5) is 0 Å². The summed E-state index contributed by atoms with van der Waals surface area (Å²) in [5.41, 5.74) is 3.83. The van der Waals surface area contributed by atoms with Gasteiger partial charge in [0.25, 0.3) is 0 Å². The lowest BCUT2D eigenvalue weighted by Crippen LogP contribution is -2.44. The Morgan fingerprint density at radius 1 is 1.04 bits per heavy atom. The van der Waals surface area contributed by atoms with E-state index < -0.39 is 5.97 Å². The smallest absolute Gasteiger partial charge is 0.335 e. The van der Waals surface area contributed by atoms with Gasteiger partial charge in [0.2, 0.25) is 0 Å². The van der Waals surface area contributed by atoms with Gasteiger partial charge in [0.15, 0.2) is 0 Å². The second-order valence-electron chi connectivity index (χ2n) is 7.38. The van der Waals surface area contributed by atoms with Gasteiger partial charge in [-0.1, -0.05) is 36.4 Å². The Morgan fingerprint density at radius 3 is 2.33 bits per heavy atom. The van der Waals surface area contributed by atoms with Crippen molar-refractivity contribution in [3.05, 3.63) is 70.8 Å². The molecule has 0 spiro atoms. The standard InChI is InChI=1S/C22H28N2O3/c1-16-13-24(14-17(2)27-16)15-19-8-6-18(7-9-19)11-23-12-20-4-3-5-21(10-20)22(25)26/h3-10,16-17,23H,11-15H2,1-2H3,(H,25,26). The molecule has 144 valence electrons. The van der Waals surface area contributed by atoms with Gasteiger partial charge >= 0.3 is 5.97 Å². The Kier molecular flexibility index (Phi) is 6.61. The average molecular weight is 368 g/mol. The highest BCUT2D eigenvalue weighted by Gasteiger charge is 2.21. The van der Waals surface area contributed by atoms with E-state index in [1.807, 2.05) is 6.07 Å². The first kappa shape index (κ1) is 19.5. The maximum atomic E-state index is 11.0. The van der Waals surface area contributed by atoms with E-state index in [0.29, 0.717) is 12.1 Å². The van der Waals surface area contributed by atoms with Gasteiger partial charge in [-0.2, -0.15) is 0 Å². The first-order valence-corrected chi connectivity index (χ1v) is 9.48. The Hall–Kier alpha value is -2.21. The number of benzene rings is 2. The van der Waals surface area contributed by atoms with Gasteiger partial charge in [-0.15, -0.1) is 0 Å². The molecule has 1 fully saturated rings. The van der Waals surface area contributed by atoms with Crippen molar-refractivity contribution in [3.8, 4) is 0 Å². The van der Waals surface area contributed by atoms with Crippen LogP contribution >= 0.6 is 0 Å². The minimum Gasteiger partial charge on any atom is -0.478 e. The number of carboxylic acids is 1. The van der Waals surface area contributed by atoms with Crippen LogP contribution < -0.4 is 5.32 Å². The summed E-state index contributed by atoms with van der Waals surface area (Å²) in [7, 11) is 0. The normalized spacial score (nSPS) is 20.5. The van der Waals surface area contributed by atoms with Crippen molar-refractivity contribution < 1.29 is 14.6 Å². The molecule has 2 N–H and O–H groups in total. The number of nitrogens with zero attached hydrogens (tertiary/aromatic N) is 1. The van der Waals surface area contributed by atoms with E-state index in [4.69, 9.17) is 9.84 Å². The molecule has 3 rings (SSSR count). The van der Waals surface area contributed by atoms with E-state index in [1.165, 1.54) is 11.1 Å². The van der Waals surface area contributed by atoms with Crippen LogP contribution in [-0.2, 0) is 24.4 Å². The minimum atomic E-state index is -0.892. The summed E-state index contributed by atoms with van der Waals surface area (Å²) in [5, 5.41) is 12.4. The molecule has 1 aliphatic rings. The summed E-state index contributed by atoms with van der Waals surface area (Å²) in [4.78, 5) is 13.5. The molecule has 0 bridgehead atoms. The molecule has 1 saturated heterocycles. The lowest BCUT2D eigenvalue weighted by molar-refractivity contribution is -0.0704. The fraction of sp³-hybridized carbons (Fsp3) is 0.409. The van der Waals surface area contributed by atoms with E-state index >= 15 is 0 Å². The summed E-state index contributed by atoms with van der Waals surface area (Å²) >= 11 is 0. The zero-order valence-corrected chi connectivity index (χ0v) is 16.0.